The van der Waals surface area contributed by atoms with Gasteiger partial charge < -0.3 is 4.74 Å². The van der Waals surface area contributed by atoms with Crippen LogP contribution in [0.1, 0.15) is 5.56 Å². The monoisotopic (exact) mass is 439 g/mol. The van der Waals surface area contributed by atoms with Crippen LogP contribution in [0, 0.1) is 0 Å². The van der Waals surface area contributed by atoms with E-state index >= 15 is 0 Å². The van der Waals surface area contributed by atoms with Crippen LogP contribution in [0.5, 0.6) is 5.75 Å². The summed E-state index contributed by atoms with van der Waals surface area (Å²) in [5.41, 5.74) is 3.44. The highest BCUT2D eigenvalue weighted by atomic mass is 79.9. The van der Waals surface area contributed by atoms with Gasteiger partial charge in [0.1, 0.15) is 12.3 Å². The lowest BCUT2D eigenvalue weighted by Crippen LogP contribution is -2.39. The summed E-state index contributed by atoms with van der Waals surface area (Å²) in [6.45, 7) is -0.384. The number of carbonyl (C=O) groups excluding carboxylic acids is 1. The van der Waals surface area contributed by atoms with Gasteiger partial charge in [-0.1, -0.05) is 34.1 Å². The van der Waals surface area contributed by atoms with Crippen molar-refractivity contribution in [2.75, 3.05) is 24.2 Å². The van der Waals surface area contributed by atoms with Crippen LogP contribution in [-0.4, -0.2) is 40.4 Å². The fourth-order valence-corrected chi connectivity index (χ4v) is 3.33. The molecule has 0 aliphatic carbocycles. The van der Waals surface area contributed by atoms with Gasteiger partial charge in [0.25, 0.3) is 5.91 Å². The highest BCUT2D eigenvalue weighted by molar-refractivity contribution is 9.10. The maximum absolute atomic E-state index is 12.1. The third-order valence-corrected chi connectivity index (χ3v) is 4.91. The minimum absolute atomic E-state index is 0.383. The normalized spacial score (nSPS) is 11.3. The molecule has 0 atom stereocenters. The Hall–Kier alpha value is -2.39. The Morgan fingerprint density at radius 3 is 2.65 bits per heavy atom. The number of anilines is 1. The van der Waals surface area contributed by atoms with E-state index in [0.717, 1.165) is 16.1 Å². The van der Waals surface area contributed by atoms with E-state index in [1.165, 1.54) is 6.21 Å². The van der Waals surface area contributed by atoms with Gasteiger partial charge in [0.2, 0.25) is 10.0 Å². The molecule has 0 fully saturated rings. The predicted molar refractivity (Wildman–Crippen MR) is 105 cm³/mol. The number of methoxy groups -OCH3 is 1. The average molecular weight is 440 g/mol. The smallest absolute Gasteiger partial charge is 0.260 e. The fraction of sp³-hybridized carbons (Fsp3) is 0.176. The van der Waals surface area contributed by atoms with Gasteiger partial charge in [-0.05, 0) is 35.9 Å². The van der Waals surface area contributed by atoms with Gasteiger partial charge in [0.05, 0.1) is 25.3 Å². The first-order chi connectivity index (χ1) is 12.3. The minimum Gasteiger partial charge on any atom is -0.497 e. The lowest BCUT2D eigenvalue weighted by molar-refractivity contribution is -0.119. The standard InChI is InChI=1S/C17H18BrN3O4S/c1-25-16-8-3-5-13(9-16)11-19-20-17(22)12-21(26(2,23)24)15-7-4-6-14(18)10-15/h3-11H,12H2,1-2H3,(H,20,22)/b19-11-. The van der Waals surface area contributed by atoms with Crippen molar-refractivity contribution in [3.8, 4) is 5.75 Å². The number of halogens is 1. The summed E-state index contributed by atoms with van der Waals surface area (Å²) in [5.74, 6) is 0.104. The Morgan fingerprint density at radius 1 is 1.27 bits per heavy atom. The summed E-state index contributed by atoms with van der Waals surface area (Å²) in [5, 5.41) is 3.85. The number of rotatable bonds is 7. The van der Waals surface area contributed by atoms with E-state index in [4.69, 9.17) is 4.74 Å². The molecule has 7 nitrogen and oxygen atoms in total. The summed E-state index contributed by atoms with van der Waals surface area (Å²) in [7, 11) is -2.08. The van der Waals surface area contributed by atoms with Crippen molar-refractivity contribution in [2.45, 2.75) is 0 Å². The number of hydrazone groups is 1. The predicted octanol–water partition coefficient (Wildman–Crippen LogP) is 2.37. The zero-order chi connectivity index (χ0) is 19.2. The molecule has 0 saturated carbocycles. The minimum atomic E-state index is -3.63. The van der Waals surface area contributed by atoms with Gasteiger partial charge in [0.15, 0.2) is 0 Å². The zero-order valence-electron chi connectivity index (χ0n) is 14.2. The molecule has 1 amide bonds. The quantitative estimate of drug-likeness (QED) is 0.529. The van der Waals surface area contributed by atoms with E-state index in [2.05, 4.69) is 26.5 Å². The molecule has 0 heterocycles. The Kier molecular flexibility index (Phi) is 6.76. The Morgan fingerprint density at radius 2 is 2.00 bits per heavy atom. The number of benzene rings is 2. The van der Waals surface area contributed by atoms with Crippen molar-refractivity contribution in [2.24, 2.45) is 5.10 Å². The van der Waals surface area contributed by atoms with E-state index in [1.54, 1.807) is 55.6 Å². The molecule has 2 aromatic rings. The first kappa shape index (κ1) is 19.9. The fourth-order valence-electron chi connectivity index (χ4n) is 2.10. The van der Waals surface area contributed by atoms with Crippen LogP contribution in [0.15, 0.2) is 58.1 Å². The molecule has 0 aromatic heterocycles. The molecule has 9 heteroatoms. The molecule has 0 aliphatic heterocycles. The molecule has 0 unspecified atom stereocenters. The number of ether oxygens (including phenoxy) is 1. The van der Waals surface area contributed by atoms with Crippen molar-refractivity contribution in [3.63, 3.8) is 0 Å². The van der Waals surface area contributed by atoms with Crippen LogP contribution < -0.4 is 14.5 Å². The summed E-state index contributed by atoms with van der Waals surface area (Å²) in [6, 6.07) is 13.8. The maximum Gasteiger partial charge on any atom is 0.260 e. The number of nitrogens with one attached hydrogen (secondary N) is 1. The summed E-state index contributed by atoms with van der Waals surface area (Å²) >= 11 is 3.29. The van der Waals surface area contributed by atoms with Gasteiger partial charge in [-0.25, -0.2) is 13.8 Å². The highest BCUT2D eigenvalue weighted by Gasteiger charge is 2.20. The first-order valence-electron chi connectivity index (χ1n) is 7.49. The summed E-state index contributed by atoms with van der Waals surface area (Å²) in [6.07, 6.45) is 2.49. The molecule has 0 bridgehead atoms. The number of amides is 1. The Bertz CT molecular complexity index is 916. The van der Waals surface area contributed by atoms with Crippen LogP contribution in [0.2, 0.25) is 0 Å². The highest BCUT2D eigenvalue weighted by Crippen LogP contribution is 2.21. The Labute approximate surface area is 160 Å². The average Bonchev–Trinajstić information content (AvgIpc) is 2.59. The second-order valence-electron chi connectivity index (χ2n) is 5.32. The summed E-state index contributed by atoms with van der Waals surface area (Å²) in [4.78, 5) is 12.1. The van der Waals surface area contributed by atoms with Crippen molar-refractivity contribution in [1.29, 1.82) is 0 Å². The van der Waals surface area contributed by atoms with E-state index in [-0.39, 0.29) is 6.54 Å². The number of hydrogen-bond donors (Lipinski definition) is 1. The van der Waals surface area contributed by atoms with E-state index in [0.29, 0.717) is 15.9 Å². The van der Waals surface area contributed by atoms with Crippen LogP contribution in [0.25, 0.3) is 0 Å². The van der Waals surface area contributed by atoms with Crippen LogP contribution in [-0.2, 0) is 14.8 Å². The van der Waals surface area contributed by atoms with Crippen LogP contribution >= 0.6 is 15.9 Å². The number of nitrogens with zero attached hydrogens (tertiary/aromatic N) is 2. The molecule has 0 saturated heterocycles. The van der Waals surface area contributed by atoms with Crippen LogP contribution in [0.3, 0.4) is 0 Å². The van der Waals surface area contributed by atoms with Gasteiger partial charge in [-0.3, -0.25) is 9.10 Å². The molecule has 26 heavy (non-hydrogen) atoms. The van der Waals surface area contributed by atoms with Gasteiger partial charge >= 0.3 is 0 Å². The van der Waals surface area contributed by atoms with Crippen molar-refractivity contribution in [3.05, 3.63) is 58.6 Å². The van der Waals surface area contributed by atoms with E-state index < -0.39 is 15.9 Å². The van der Waals surface area contributed by atoms with Gasteiger partial charge in [0, 0.05) is 4.47 Å². The molecule has 0 aliphatic rings. The SMILES string of the molecule is COc1cccc(/C=N\NC(=O)CN(c2cccc(Br)c2)S(C)(=O)=O)c1. The third kappa shape index (κ3) is 5.85. The van der Waals surface area contributed by atoms with Gasteiger partial charge in [-0.15, -0.1) is 0 Å². The summed E-state index contributed by atoms with van der Waals surface area (Å²) < 4.78 is 30.9. The second-order valence-corrected chi connectivity index (χ2v) is 8.14. The van der Waals surface area contributed by atoms with Crippen molar-refractivity contribution >= 4 is 43.8 Å². The molecule has 2 rings (SSSR count). The maximum atomic E-state index is 12.1. The van der Waals surface area contributed by atoms with Crippen molar-refractivity contribution < 1.29 is 17.9 Å². The van der Waals surface area contributed by atoms with Crippen molar-refractivity contribution in [1.82, 2.24) is 5.43 Å². The first-order valence-corrected chi connectivity index (χ1v) is 10.1. The number of carbonyl (C=O) groups is 1. The molecule has 0 spiro atoms. The molecular formula is C17H18BrN3O4S. The number of hydrogen-bond acceptors (Lipinski definition) is 5. The Balaban J connectivity index is 2.07. The van der Waals surface area contributed by atoms with E-state index in [1.807, 2.05) is 0 Å². The van der Waals surface area contributed by atoms with E-state index in [9.17, 15) is 13.2 Å². The molecule has 1 N–H and O–H groups in total. The lowest BCUT2D eigenvalue weighted by atomic mass is 10.2. The van der Waals surface area contributed by atoms with Crippen LogP contribution in [0.4, 0.5) is 5.69 Å². The molecule has 2 aromatic carbocycles. The zero-order valence-corrected chi connectivity index (χ0v) is 16.6. The lowest BCUT2D eigenvalue weighted by Gasteiger charge is -2.21. The van der Waals surface area contributed by atoms with Gasteiger partial charge in [-0.2, -0.15) is 5.10 Å². The molecular weight excluding hydrogens is 422 g/mol. The second kappa shape index (κ2) is 8.81. The largest absolute Gasteiger partial charge is 0.497 e. The topological polar surface area (TPSA) is 88.1 Å². The third-order valence-electron chi connectivity index (χ3n) is 3.28. The molecule has 138 valence electrons. The molecule has 0 radical (unpaired) electrons. The number of sulfonamides is 1.